The molecule has 0 aliphatic rings. The maximum absolute atomic E-state index is 13.6. The van der Waals surface area contributed by atoms with E-state index in [0.717, 1.165) is 19.1 Å². The van der Waals surface area contributed by atoms with Crippen LogP contribution in [0.4, 0.5) is 13.2 Å². The lowest BCUT2D eigenvalue weighted by Gasteiger charge is -2.13. The SMILES string of the molecule is CCOC(=O)c1ccc(Oc2c(C(F)(F)F)oc3cc(OC(C)=O)ccc3c2=O)cc1. The molecule has 0 saturated heterocycles. The van der Waals surface area contributed by atoms with Gasteiger partial charge in [-0.3, -0.25) is 9.59 Å². The molecule has 0 spiro atoms. The third-order valence-electron chi connectivity index (χ3n) is 3.93. The van der Waals surface area contributed by atoms with Gasteiger partial charge in [0.05, 0.1) is 17.6 Å². The van der Waals surface area contributed by atoms with Crippen molar-refractivity contribution in [2.45, 2.75) is 20.0 Å². The Morgan fingerprint density at radius 1 is 1.03 bits per heavy atom. The Hall–Kier alpha value is -3.82. The first-order valence-corrected chi connectivity index (χ1v) is 8.91. The van der Waals surface area contributed by atoms with Crippen molar-refractivity contribution in [1.82, 2.24) is 0 Å². The van der Waals surface area contributed by atoms with E-state index in [0.29, 0.717) is 0 Å². The number of ether oxygens (including phenoxy) is 3. The minimum Gasteiger partial charge on any atom is -0.462 e. The highest BCUT2D eigenvalue weighted by atomic mass is 19.4. The van der Waals surface area contributed by atoms with Crippen molar-refractivity contribution < 1.29 is 41.4 Å². The molecule has 7 nitrogen and oxygen atoms in total. The van der Waals surface area contributed by atoms with Crippen molar-refractivity contribution in [3.63, 3.8) is 0 Å². The van der Waals surface area contributed by atoms with E-state index in [4.69, 9.17) is 18.6 Å². The molecule has 0 bridgehead atoms. The molecule has 10 heteroatoms. The minimum absolute atomic E-state index is 0.0838. The molecule has 1 aromatic heterocycles. The molecule has 31 heavy (non-hydrogen) atoms. The standard InChI is InChI=1S/C21H15F3O7/c1-3-28-20(27)12-4-6-13(7-5-12)30-18-17(26)15-9-8-14(29-11(2)25)10-16(15)31-19(18)21(22,23)24/h4-10H,3H2,1-2H3. The molecule has 162 valence electrons. The Balaban J connectivity index is 2.06. The Bertz CT molecular complexity index is 1190. The van der Waals surface area contributed by atoms with Crippen LogP contribution in [0.3, 0.4) is 0 Å². The summed E-state index contributed by atoms with van der Waals surface area (Å²) in [5, 5.41) is -0.206. The van der Waals surface area contributed by atoms with Crippen molar-refractivity contribution in [3.8, 4) is 17.2 Å². The van der Waals surface area contributed by atoms with E-state index in [1.165, 1.54) is 30.3 Å². The van der Waals surface area contributed by atoms with Crippen molar-refractivity contribution in [2.75, 3.05) is 6.61 Å². The van der Waals surface area contributed by atoms with E-state index in [1.807, 2.05) is 0 Å². The van der Waals surface area contributed by atoms with Crippen LogP contribution in [0.5, 0.6) is 17.2 Å². The third kappa shape index (κ3) is 4.85. The van der Waals surface area contributed by atoms with Crippen LogP contribution >= 0.6 is 0 Å². The Morgan fingerprint density at radius 2 is 1.68 bits per heavy atom. The molecular formula is C21H15F3O7. The predicted molar refractivity (Wildman–Crippen MR) is 101 cm³/mol. The normalized spacial score (nSPS) is 11.3. The molecule has 3 aromatic rings. The largest absolute Gasteiger partial charge is 0.462 e. The van der Waals surface area contributed by atoms with Crippen molar-refractivity contribution >= 4 is 22.9 Å². The topological polar surface area (TPSA) is 92.0 Å². The van der Waals surface area contributed by atoms with Crippen LogP contribution in [0.2, 0.25) is 0 Å². The number of fused-ring (bicyclic) bond motifs is 1. The number of carbonyl (C=O) groups is 2. The fourth-order valence-electron chi connectivity index (χ4n) is 2.66. The highest BCUT2D eigenvalue weighted by molar-refractivity contribution is 5.89. The lowest BCUT2D eigenvalue weighted by Crippen LogP contribution is -2.15. The van der Waals surface area contributed by atoms with Crippen molar-refractivity contribution in [3.05, 3.63) is 64.0 Å². The molecule has 0 N–H and O–H groups in total. The van der Waals surface area contributed by atoms with Gasteiger partial charge in [0.15, 0.2) is 0 Å². The summed E-state index contributed by atoms with van der Waals surface area (Å²) >= 11 is 0. The quantitative estimate of drug-likeness (QED) is 0.423. The fraction of sp³-hybridized carbons (Fsp3) is 0.190. The van der Waals surface area contributed by atoms with Gasteiger partial charge in [-0.1, -0.05) is 0 Å². The summed E-state index contributed by atoms with van der Waals surface area (Å²) in [4.78, 5) is 35.5. The maximum Gasteiger partial charge on any atom is 0.453 e. The van der Waals surface area contributed by atoms with Gasteiger partial charge < -0.3 is 18.6 Å². The van der Waals surface area contributed by atoms with Gasteiger partial charge in [-0.15, -0.1) is 0 Å². The Labute approximate surface area is 172 Å². The second kappa shape index (κ2) is 8.50. The van der Waals surface area contributed by atoms with E-state index in [1.54, 1.807) is 6.92 Å². The number of carbonyl (C=O) groups excluding carboxylic acids is 2. The van der Waals surface area contributed by atoms with E-state index in [-0.39, 0.29) is 29.1 Å². The van der Waals surface area contributed by atoms with Gasteiger partial charge in [0.25, 0.3) is 5.76 Å². The van der Waals surface area contributed by atoms with Gasteiger partial charge in [0.2, 0.25) is 11.2 Å². The van der Waals surface area contributed by atoms with E-state index in [9.17, 15) is 27.6 Å². The number of esters is 2. The van der Waals surface area contributed by atoms with Gasteiger partial charge in [-0.2, -0.15) is 13.2 Å². The average molecular weight is 436 g/mol. The fourth-order valence-corrected chi connectivity index (χ4v) is 2.66. The summed E-state index contributed by atoms with van der Waals surface area (Å²) in [5.74, 6) is -4.23. The molecule has 0 unspecified atom stereocenters. The molecule has 3 rings (SSSR count). The van der Waals surface area contributed by atoms with Crippen LogP contribution in [0, 0.1) is 0 Å². The number of halogens is 3. The number of rotatable bonds is 5. The van der Waals surface area contributed by atoms with Crippen LogP contribution < -0.4 is 14.9 Å². The Kier molecular flexibility index (Phi) is 6.00. The van der Waals surface area contributed by atoms with Crippen LogP contribution in [0.1, 0.15) is 30.0 Å². The zero-order valence-corrected chi connectivity index (χ0v) is 16.2. The van der Waals surface area contributed by atoms with Crippen LogP contribution in [0.25, 0.3) is 11.0 Å². The van der Waals surface area contributed by atoms with Crippen LogP contribution in [-0.2, 0) is 15.7 Å². The molecule has 0 amide bonds. The summed E-state index contributed by atoms with van der Waals surface area (Å²) in [6, 6.07) is 8.43. The zero-order valence-electron chi connectivity index (χ0n) is 16.2. The van der Waals surface area contributed by atoms with Crippen LogP contribution in [-0.4, -0.2) is 18.5 Å². The molecule has 2 aromatic carbocycles. The third-order valence-corrected chi connectivity index (χ3v) is 3.93. The first kappa shape index (κ1) is 21.9. The van der Waals surface area contributed by atoms with Gasteiger partial charge in [-0.25, -0.2) is 4.79 Å². The molecule has 0 fully saturated rings. The first-order chi connectivity index (χ1) is 14.6. The van der Waals surface area contributed by atoms with E-state index >= 15 is 0 Å². The maximum atomic E-state index is 13.6. The minimum atomic E-state index is -5.05. The average Bonchev–Trinajstić information content (AvgIpc) is 2.69. The highest BCUT2D eigenvalue weighted by Gasteiger charge is 2.40. The van der Waals surface area contributed by atoms with Gasteiger partial charge in [0.1, 0.15) is 17.1 Å². The lowest BCUT2D eigenvalue weighted by atomic mass is 10.2. The number of alkyl halides is 3. The zero-order chi connectivity index (χ0) is 22.8. The molecule has 0 aliphatic heterocycles. The molecule has 0 atom stereocenters. The monoisotopic (exact) mass is 436 g/mol. The summed E-state index contributed by atoms with van der Waals surface area (Å²) in [6.07, 6.45) is -5.05. The Morgan fingerprint density at radius 3 is 2.26 bits per heavy atom. The predicted octanol–water partition coefficient (Wildman–Crippen LogP) is 4.71. The summed E-state index contributed by atoms with van der Waals surface area (Å²) in [7, 11) is 0. The number of benzene rings is 2. The van der Waals surface area contributed by atoms with E-state index in [2.05, 4.69) is 0 Å². The lowest BCUT2D eigenvalue weighted by molar-refractivity contribution is -0.154. The van der Waals surface area contributed by atoms with Gasteiger partial charge in [0, 0.05) is 13.0 Å². The second-order valence-corrected chi connectivity index (χ2v) is 6.19. The van der Waals surface area contributed by atoms with E-state index < -0.39 is 40.6 Å². The smallest absolute Gasteiger partial charge is 0.453 e. The van der Waals surface area contributed by atoms with Crippen LogP contribution in [0.15, 0.2) is 51.7 Å². The summed E-state index contributed by atoms with van der Waals surface area (Å²) in [6.45, 7) is 2.90. The van der Waals surface area contributed by atoms with Gasteiger partial charge in [-0.05, 0) is 43.3 Å². The van der Waals surface area contributed by atoms with Gasteiger partial charge >= 0.3 is 18.1 Å². The second-order valence-electron chi connectivity index (χ2n) is 6.19. The molecule has 0 saturated carbocycles. The molecule has 1 heterocycles. The number of hydrogen-bond acceptors (Lipinski definition) is 7. The molecule has 0 aliphatic carbocycles. The van der Waals surface area contributed by atoms with Crippen molar-refractivity contribution in [1.29, 1.82) is 0 Å². The highest BCUT2D eigenvalue weighted by Crippen LogP contribution is 2.38. The molecule has 0 radical (unpaired) electrons. The first-order valence-electron chi connectivity index (χ1n) is 8.91. The summed E-state index contributed by atoms with van der Waals surface area (Å²) < 4.78 is 60.4. The van der Waals surface area contributed by atoms with Crippen molar-refractivity contribution in [2.24, 2.45) is 0 Å². The molecular weight excluding hydrogens is 421 g/mol. The number of hydrogen-bond donors (Lipinski definition) is 0. The summed E-state index contributed by atoms with van der Waals surface area (Å²) in [5.41, 5.74) is -1.34.